The quantitative estimate of drug-likeness (QED) is 0.264. The van der Waals surface area contributed by atoms with Crippen LogP contribution in [0.3, 0.4) is 0 Å². The van der Waals surface area contributed by atoms with Crippen molar-refractivity contribution >= 4 is 33.4 Å². The number of benzene rings is 2. The highest BCUT2D eigenvalue weighted by atomic mass is 32.2. The normalized spacial score (nSPS) is 13.5. The van der Waals surface area contributed by atoms with Crippen molar-refractivity contribution in [3.63, 3.8) is 0 Å². The molecule has 2 aromatic heterocycles. The van der Waals surface area contributed by atoms with E-state index in [4.69, 9.17) is 4.74 Å². The number of rotatable bonds is 8. The topological polar surface area (TPSA) is 130 Å². The molecule has 11 nitrogen and oxygen atoms in total. The summed E-state index contributed by atoms with van der Waals surface area (Å²) in [4.78, 5) is 19.3. The third-order valence-corrected chi connectivity index (χ3v) is 7.24. The van der Waals surface area contributed by atoms with Crippen molar-refractivity contribution in [2.75, 3.05) is 35.2 Å². The average Bonchev–Trinajstić information content (AvgIpc) is 3.32. The van der Waals surface area contributed by atoms with Crippen molar-refractivity contribution < 1.29 is 17.9 Å². The number of urea groups is 1. The Hall–Kier alpha value is -4.42. The van der Waals surface area contributed by atoms with Crippen LogP contribution in [0.5, 0.6) is 11.5 Å². The summed E-state index contributed by atoms with van der Waals surface area (Å²) in [6, 6.07) is 15.9. The van der Waals surface area contributed by atoms with Gasteiger partial charge in [-0.15, -0.1) is 0 Å². The molecule has 0 fully saturated rings. The fourth-order valence-corrected chi connectivity index (χ4v) is 5.14. The van der Waals surface area contributed by atoms with Gasteiger partial charge in [-0.2, -0.15) is 5.10 Å². The molecule has 0 bridgehead atoms. The smallest absolute Gasteiger partial charge is 0.324 e. The first-order chi connectivity index (χ1) is 19.5. The number of carbonyl (C=O) groups excluding carboxylic acids is 1. The summed E-state index contributed by atoms with van der Waals surface area (Å²) in [7, 11) is -1.33. The van der Waals surface area contributed by atoms with Crippen LogP contribution in [0.25, 0.3) is 5.69 Å². The molecule has 0 spiro atoms. The van der Waals surface area contributed by atoms with Gasteiger partial charge in [0.15, 0.2) is 0 Å². The monoisotopic (exact) mass is 575 g/mol. The Morgan fingerprint density at radius 2 is 1.78 bits per heavy atom. The van der Waals surface area contributed by atoms with Gasteiger partial charge in [0.25, 0.3) is 0 Å². The number of sulfonamides is 1. The minimum atomic E-state index is -3.46. The van der Waals surface area contributed by atoms with Crippen LogP contribution < -0.4 is 20.1 Å². The molecule has 2 aromatic carbocycles. The number of carbonyl (C=O) groups is 1. The van der Waals surface area contributed by atoms with E-state index in [1.165, 1.54) is 23.4 Å². The van der Waals surface area contributed by atoms with Crippen molar-refractivity contribution in [1.29, 1.82) is 0 Å². The first-order valence-electron chi connectivity index (χ1n) is 13.2. The predicted molar refractivity (Wildman–Crippen MR) is 160 cm³/mol. The molecule has 2 amide bonds. The number of anilines is 3. The van der Waals surface area contributed by atoms with Crippen molar-refractivity contribution in [3.8, 4) is 17.2 Å². The summed E-state index contributed by atoms with van der Waals surface area (Å²) in [5.74, 6) is 1.85. The number of hydrogen-bond acceptors (Lipinski definition) is 7. The third kappa shape index (κ3) is 7.02. The van der Waals surface area contributed by atoms with Crippen molar-refractivity contribution in [1.82, 2.24) is 19.7 Å². The van der Waals surface area contributed by atoms with Crippen LogP contribution in [-0.2, 0) is 23.0 Å². The number of nitrogens with one attached hydrogen (secondary N) is 3. The molecule has 1 aliphatic rings. The molecule has 3 N–H and O–H groups in total. The number of amides is 2. The zero-order valence-electron chi connectivity index (χ0n) is 23.4. The highest BCUT2D eigenvalue weighted by Gasteiger charge is 2.20. The van der Waals surface area contributed by atoms with Crippen LogP contribution in [0.15, 0.2) is 67.0 Å². The van der Waals surface area contributed by atoms with Crippen LogP contribution in [0.2, 0.25) is 0 Å². The lowest BCUT2D eigenvalue weighted by Gasteiger charge is -2.25. The van der Waals surface area contributed by atoms with E-state index in [1.54, 1.807) is 41.2 Å². The second-order valence-electron chi connectivity index (χ2n) is 10.4. The summed E-state index contributed by atoms with van der Waals surface area (Å²) in [5, 5.41) is 10.5. The van der Waals surface area contributed by atoms with E-state index in [1.807, 2.05) is 6.07 Å². The SMILES string of the molecule is CC(C)c1cnn(-c2ccc3c(c2)CCN(C)C3)c1NC(=O)Nc1ccc(Oc2ccnc(NS(C)(=O)=O)c2)cc1. The Kier molecular flexibility index (Phi) is 7.95. The predicted octanol–water partition coefficient (Wildman–Crippen LogP) is 5.19. The van der Waals surface area contributed by atoms with Crippen molar-refractivity contribution in [2.24, 2.45) is 0 Å². The van der Waals surface area contributed by atoms with Gasteiger partial charge in [0.1, 0.15) is 23.1 Å². The standard InChI is InChI=1S/C29H33N7O4S/c1-19(2)26-17-31-36(23-8-5-21-18-35(3)14-12-20(21)15-23)28(26)33-29(37)32-22-6-9-24(10-7-22)40-25-11-13-30-27(16-25)34-41(4,38)39/h5-11,13,15-17,19H,12,14,18H2,1-4H3,(H,30,34)(H2,32,33,37). The van der Waals surface area contributed by atoms with E-state index in [2.05, 4.69) is 63.4 Å². The molecule has 0 atom stereocenters. The zero-order chi connectivity index (χ0) is 29.1. The second-order valence-corrected chi connectivity index (χ2v) is 12.2. The first kappa shape index (κ1) is 28.1. The Bertz CT molecular complexity index is 1670. The maximum absolute atomic E-state index is 13.1. The largest absolute Gasteiger partial charge is 0.457 e. The minimum absolute atomic E-state index is 0.156. The average molecular weight is 576 g/mol. The molecular formula is C29H33N7O4S. The number of ether oxygens (including phenoxy) is 1. The minimum Gasteiger partial charge on any atom is -0.457 e. The lowest BCUT2D eigenvalue weighted by atomic mass is 9.99. The number of aromatic nitrogens is 3. The Morgan fingerprint density at radius 1 is 1.00 bits per heavy atom. The molecule has 0 radical (unpaired) electrons. The van der Waals surface area contributed by atoms with E-state index in [0.717, 1.165) is 37.0 Å². The molecule has 3 heterocycles. The van der Waals surface area contributed by atoms with Gasteiger partial charge in [0.2, 0.25) is 10.0 Å². The summed E-state index contributed by atoms with van der Waals surface area (Å²) in [5.41, 5.74) is 5.02. The van der Waals surface area contributed by atoms with Gasteiger partial charge in [-0.25, -0.2) is 22.9 Å². The van der Waals surface area contributed by atoms with E-state index < -0.39 is 16.1 Å². The maximum atomic E-state index is 13.1. The van der Waals surface area contributed by atoms with Gasteiger partial charge >= 0.3 is 6.03 Å². The number of nitrogens with zero attached hydrogens (tertiary/aromatic N) is 4. The highest BCUT2D eigenvalue weighted by Crippen LogP contribution is 2.29. The molecule has 214 valence electrons. The van der Waals surface area contributed by atoms with Gasteiger partial charge in [0, 0.05) is 36.6 Å². The first-order valence-corrected chi connectivity index (χ1v) is 15.1. The van der Waals surface area contributed by atoms with E-state index in [0.29, 0.717) is 23.0 Å². The summed E-state index contributed by atoms with van der Waals surface area (Å²) < 4.78 is 32.8. The van der Waals surface area contributed by atoms with Crippen LogP contribution >= 0.6 is 0 Å². The van der Waals surface area contributed by atoms with Gasteiger partial charge in [-0.3, -0.25) is 10.0 Å². The Morgan fingerprint density at radius 3 is 2.51 bits per heavy atom. The summed E-state index contributed by atoms with van der Waals surface area (Å²) >= 11 is 0. The van der Waals surface area contributed by atoms with Crippen LogP contribution in [-0.4, -0.2) is 54.0 Å². The molecule has 0 unspecified atom stereocenters. The van der Waals surface area contributed by atoms with Gasteiger partial charge in [0.05, 0.1) is 18.1 Å². The molecule has 0 saturated carbocycles. The van der Waals surface area contributed by atoms with E-state index in [-0.39, 0.29) is 11.7 Å². The summed E-state index contributed by atoms with van der Waals surface area (Å²) in [6.45, 7) is 6.06. The fourth-order valence-electron chi connectivity index (χ4n) is 4.65. The molecule has 41 heavy (non-hydrogen) atoms. The van der Waals surface area contributed by atoms with Gasteiger partial charge in [-0.1, -0.05) is 19.9 Å². The maximum Gasteiger partial charge on any atom is 0.324 e. The van der Waals surface area contributed by atoms with Gasteiger partial charge in [-0.05, 0) is 73.0 Å². The Labute approximate surface area is 239 Å². The molecule has 5 rings (SSSR count). The van der Waals surface area contributed by atoms with Crippen molar-refractivity contribution in [2.45, 2.75) is 32.7 Å². The lowest BCUT2D eigenvalue weighted by Crippen LogP contribution is -2.26. The van der Waals surface area contributed by atoms with Crippen LogP contribution in [0.1, 0.15) is 36.5 Å². The lowest BCUT2D eigenvalue weighted by molar-refractivity contribution is 0.262. The number of likely N-dealkylation sites (N-methyl/N-ethyl adjacent to an activating group) is 1. The van der Waals surface area contributed by atoms with E-state index >= 15 is 0 Å². The molecule has 12 heteroatoms. The molecular weight excluding hydrogens is 542 g/mol. The van der Waals surface area contributed by atoms with Crippen LogP contribution in [0.4, 0.5) is 22.1 Å². The van der Waals surface area contributed by atoms with Crippen molar-refractivity contribution in [3.05, 3.63) is 83.7 Å². The highest BCUT2D eigenvalue weighted by molar-refractivity contribution is 7.92. The van der Waals surface area contributed by atoms with Crippen LogP contribution in [0, 0.1) is 0 Å². The summed E-state index contributed by atoms with van der Waals surface area (Å²) in [6.07, 6.45) is 5.27. The number of hydrogen-bond donors (Lipinski definition) is 3. The number of pyridine rings is 1. The third-order valence-electron chi connectivity index (χ3n) is 6.66. The number of fused-ring (bicyclic) bond motifs is 1. The van der Waals surface area contributed by atoms with E-state index in [9.17, 15) is 13.2 Å². The molecule has 4 aromatic rings. The molecule has 1 aliphatic heterocycles. The zero-order valence-corrected chi connectivity index (χ0v) is 24.2. The van der Waals surface area contributed by atoms with Gasteiger partial charge < -0.3 is 15.0 Å². The molecule has 0 aliphatic carbocycles. The Balaban J connectivity index is 1.28. The fraction of sp³-hybridized carbons (Fsp3) is 0.276. The molecule has 0 saturated heterocycles. The second kappa shape index (κ2) is 11.6.